The van der Waals surface area contributed by atoms with Gasteiger partial charge in [-0.05, 0) is 48.5 Å². The normalized spacial score (nSPS) is 13.1. The van der Waals surface area contributed by atoms with Crippen LogP contribution in [0.25, 0.3) is 0 Å². The minimum absolute atomic E-state index is 0.210. The summed E-state index contributed by atoms with van der Waals surface area (Å²) in [5.41, 5.74) is 0.172. The van der Waals surface area contributed by atoms with E-state index in [0.29, 0.717) is 28.6 Å². The highest BCUT2D eigenvalue weighted by Crippen LogP contribution is 2.34. The molecule has 194 valence electrons. The molecule has 0 saturated heterocycles. The van der Waals surface area contributed by atoms with Gasteiger partial charge in [0.2, 0.25) is 0 Å². The number of fused-ring (bicyclic) bond motifs is 1. The van der Waals surface area contributed by atoms with E-state index in [1.807, 2.05) is 0 Å². The van der Waals surface area contributed by atoms with Gasteiger partial charge in [-0.3, -0.25) is 19.7 Å². The second-order valence-electron chi connectivity index (χ2n) is 8.39. The Labute approximate surface area is 213 Å². The van der Waals surface area contributed by atoms with Gasteiger partial charge >= 0.3 is 12.2 Å². The highest BCUT2D eigenvalue weighted by molar-refractivity contribution is 6.06. The van der Waals surface area contributed by atoms with E-state index in [4.69, 9.17) is 0 Å². The number of nitrogens with one attached hydrogen (secondary N) is 3. The molecule has 0 bridgehead atoms. The van der Waals surface area contributed by atoms with Crippen molar-refractivity contribution in [3.63, 3.8) is 0 Å². The number of urea groups is 1. The molecule has 0 saturated carbocycles. The summed E-state index contributed by atoms with van der Waals surface area (Å²) >= 11 is 0. The predicted molar refractivity (Wildman–Crippen MR) is 132 cm³/mol. The first-order valence-corrected chi connectivity index (χ1v) is 11.2. The van der Waals surface area contributed by atoms with Crippen LogP contribution >= 0.6 is 0 Å². The number of rotatable bonds is 5. The van der Waals surface area contributed by atoms with Crippen LogP contribution in [0.15, 0.2) is 67.0 Å². The number of amides is 3. The summed E-state index contributed by atoms with van der Waals surface area (Å²) in [6.45, 7) is 0.210. The maximum atomic E-state index is 13.4. The number of hydrogen-bond donors (Lipinski definition) is 3. The summed E-state index contributed by atoms with van der Waals surface area (Å²) in [6, 6.07) is 11.2. The van der Waals surface area contributed by atoms with E-state index in [1.54, 1.807) is 42.2 Å². The Bertz CT molecular complexity index is 1530. The van der Waals surface area contributed by atoms with Gasteiger partial charge in [0.15, 0.2) is 5.82 Å². The Hall–Kier alpha value is -4.94. The second-order valence-corrected chi connectivity index (χ2v) is 8.39. The van der Waals surface area contributed by atoms with Gasteiger partial charge in [0.1, 0.15) is 11.6 Å². The maximum Gasteiger partial charge on any atom is 0.417 e. The number of pyridine rings is 1. The Morgan fingerprint density at radius 3 is 2.47 bits per heavy atom. The van der Waals surface area contributed by atoms with Crippen LogP contribution in [-0.4, -0.2) is 26.7 Å². The number of aromatic nitrogens is 3. The first kappa shape index (κ1) is 24.7. The van der Waals surface area contributed by atoms with Gasteiger partial charge in [-0.2, -0.15) is 18.3 Å². The van der Waals surface area contributed by atoms with Gasteiger partial charge in [0.25, 0.3) is 5.91 Å². The van der Waals surface area contributed by atoms with Crippen molar-refractivity contribution in [3.8, 4) is 0 Å². The molecule has 5 rings (SSSR count). The van der Waals surface area contributed by atoms with Crippen molar-refractivity contribution < 1.29 is 27.2 Å². The molecule has 1 aliphatic rings. The summed E-state index contributed by atoms with van der Waals surface area (Å²) in [7, 11) is 1.74. The molecule has 3 amide bonds. The number of aryl methyl sites for hydroxylation is 1. The van der Waals surface area contributed by atoms with Gasteiger partial charge in [0.05, 0.1) is 17.7 Å². The zero-order valence-corrected chi connectivity index (χ0v) is 19.7. The summed E-state index contributed by atoms with van der Waals surface area (Å²) in [5.74, 6) is -1.24. The first-order valence-electron chi connectivity index (χ1n) is 11.2. The number of hydrogen-bond acceptors (Lipinski definition) is 5. The summed E-state index contributed by atoms with van der Waals surface area (Å²) in [5, 5.41) is 12.6. The predicted octanol–water partition coefficient (Wildman–Crippen LogP) is 5.52. The molecule has 0 spiro atoms. The van der Waals surface area contributed by atoms with Crippen LogP contribution in [0.4, 0.5) is 51.1 Å². The van der Waals surface area contributed by atoms with Crippen molar-refractivity contribution >= 4 is 40.6 Å². The number of carbonyl (C=O) groups is 2. The number of carbonyl (C=O) groups excluding carboxylic acids is 2. The van der Waals surface area contributed by atoms with E-state index in [2.05, 4.69) is 26.0 Å². The van der Waals surface area contributed by atoms with E-state index < -0.39 is 29.0 Å². The first-order chi connectivity index (χ1) is 18.1. The summed E-state index contributed by atoms with van der Waals surface area (Å²) in [6.07, 6.45) is -1.63. The van der Waals surface area contributed by atoms with E-state index in [0.717, 1.165) is 12.1 Å². The van der Waals surface area contributed by atoms with Gasteiger partial charge < -0.3 is 10.6 Å². The number of nitrogens with zero attached hydrogens (tertiary/aromatic N) is 4. The van der Waals surface area contributed by atoms with Gasteiger partial charge in [-0.15, -0.1) is 0 Å². The molecule has 0 radical (unpaired) electrons. The van der Waals surface area contributed by atoms with Crippen molar-refractivity contribution in [2.75, 3.05) is 20.9 Å². The highest BCUT2D eigenvalue weighted by atomic mass is 19.4. The zero-order chi connectivity index (χ0) is 27.0. The Kier molecular flexibility index (Phi) is 6.18. The number of alkyl halides is 3. The molecule has 38 heavy (non-hydrogen) atoms. The number of benzene rings is 2. The molecule has 0 fully saturated rings. The fourth-order valence-electron chi connectivity index (χ4n) is 3.95. The van der Waals surface area contributed by atoms with Gasteiger partial charge in [-0.1, -0.05) is 0 Å². The minimum Gasteiger partial charge on any atom is -0.355 e. The minimum atomic E-state index is -4.89. The van der Waals surface area contributed by atoms with Crippen LogP contribution in [0, 0.1) is 5.82 Å². The fraction of sp³-hybridized carbons (Fsp3) is 0.120. The van der Waals surface area contributed by atoms with Crippen molar-refractivity contribution in [1.82, 2.24) is 14.8 Å². The molecule has 4 aromatic rings. The van der Waals surface area contributed by atoms with Crippen molar-refractivity contribution in [3.05, 3.63) is 89.5 Å². The smallest absolute Gasteiger partial charge is 0.355 e. The van der Waals surface area contributed by atoms with Crippen molar-refractivity contribution in [2.24, 2.45) is 7.05 Å². The lowest BCUT2D eigenvalue weighted by Crippen LogP contribution is -2.39. The van der Waals surface area contributed by atoms with Crippen molar-refractivity contribution in [2.45, 2.75) is 12.7 Å². The Balaban J connectivity index is 1.33. The second kappa shape index (κ2) is 9.50. The van der Waals surface area contributed by atoms with Crippen LogP contribution in [0.1, 0.15) is 21.5 Å². The zero-order valence-electron chi connectivity index (χ0n) is 19.7. The molecular formula is C25H19F4N7O2. The maximum absolute atomic E-state index is 13.4. The largest absolute Gasteiger partial charge is 0.417 e. The average Bonchev–Trinajstić information content (AvgIpc) is 3.30. The molecule has 1 aliphatic heterocycles. The molecule has 2 aromatic heterocycles. The number of halogens is 4. The third-order valence-electron chi connectivity index (χ3n) is 5.77. The summed E-state index contributed by atoms with van der Waals surface area (Å²) in [4.78, 5) is 30.8. The fourth-order valence-corrected chi connectivity index (χ4v) is 3.95. The third-order valence-corrected chi connectivity index (χ3v) is 5.77. The van der Waals surface area contributed by atoms with E-state index in [9.17, 15) is 27.2 Å². The lowest BCUT2D eigenvalue weighted by atomic mass is 10.1. The summed E-state index contributed by atoms with van der Waals surface area (Å²) < 4.78 is 54.7. The van der Waals surface area contributed by atoms with Crippen LogP contribution in [0.3, 0.4) is 0 Å². The standard InChI is InChI=1S/C25H19F4N7O2/c1-35-11-9-21(34-35)36-13-18-20(8-10-30-22(18)33-24(36)38)31-15-3-5-16(6-4-15)32-23(37)17-7-2-14(26)12-19(17)25(27,28)29/h2-12H,13H2,1H3,(H,32,37)(H2,30,31,33,38). The number of anilines is 5. The van der Waals surface area contributed by atoms with E-state index >= 15 is 0 Å². The van der Waals surface area contributed by atoms with Crippen LogP contribution in [0.5, 0.6) is 0 Å². The third kappa shape index (κ3) is 4.98. The molecule has 0 aliphatic carbocycles. The molecule has 2 aromatic carbocycles. The monoisotopic (exact) mass is 525 g/mol. The Morgan fingerprint density at radius 1 is 1.05 bits per heavy atom. The molecular weight excluding hydrogens is 506 g/mol. The van der Waals surface area contributed by atoms with Crippen LogP contribution in [0.2, 0.25) is 0 Å². The van der Waals surface area contributed by atoms with Gasteiger partial charge in [0, 0.05) is 48.1 Å². The Morgan fingerprint density at radius 2 is 1.79 bits per heavy atom. The van der Waals surface area contributed by atoms with Crippen molar-refractivity contribution in [1.29, 1.82) is 0 Å². The quantitative estimate of drug-likeness (QED) is 0.298. The van der Waals surface area contributed by atoms with E-state index in [1.165, 1.54) is 23.2 Å². The van der Waals surface area contributed by atoms with Gasteiger partial charge in [-0.25, -0.2) is 14.2 Å². The van der Waals surface area contributed by atoms with E-state index in [-0.39, 0.29) is 24.3 Å². The average molecular weight is 525 g/mol. The molecule has 3 N–H and O–H groups in total. The molecule has 9 nitrogen and oxygen atoms in total. The topological polar surface area (TPSA) is 104 Å². The lowest BCUT2D eigenvalue weighted by Gasteiger charge is -2.28. The molecule has 0 atom stereocenters. The highest BCUT2D eigenvalue weighted by Gasteiger charge is 2.35. The molecule has 0 unspecified atom stereocenters. The SMILES string of the molecule is Cn1ccc(N2Cc3c(Nc4ccc(NC(=O)c5ccc(F)cc5C(F)(F)F)cc4)ccnc3NC2=O)n1. The molecule has 13 heteroatoms. The lowest BCUT2D eigenvalue weighted by molar-refractivity contribution is -0.138. The van der Waals surface area contributed by atoms with Crippen LogP contribution < -0.4 is 20.9 Å². The van der Waals surface area contributed by atoms with Crippen LogP contribution in [-0.2, 0) is 19.8 Å². The molecule has 3 heterocycles.